The number of imidazole rings is 1. The molecule has 28 heavy (non-hydrogen) atoms. The van der Waals surface area contributed by atoms with E-state index in [0.29, 0.717) is 23.7 Å². The van der Waals surface area contributed by atoms with Crippen LogP contribution in [0.4, 0.5) is 0 Å². The van der Waals surface area contributed by atoms with Gasteiger partial charge in [0.15, 0.2) is 0 Å². The Morgan fingerprint density at radius 2 is 2.07 bits per heavy atom. The Labute approximate surface area is 168 Å². The maximum absolute atomic E-state index is 12.7. The first-order valence-electron chi connectivity index (χ1n) is 9.65. The van der Waals surface area contributed by atoms with Gasteiger partial charge in [-0.15, -0.1) is 0 Å². The van der Waals surface area contributed by atoms with Crippen LogP contribution in [-0.2, 0) is 10.3 Å². The number of carbonyl (C=O) groups is 2. The lowest BCUT2D eigenvalue weighted by Crippen LogP contribution is -2.63. The Morgan fingerprint density at radius 1 is 1.25 bits per heavy atom. The molecule has 2 aliphatic heterocycles. The predicted octanol–water partition coefficient (Wildman–Crippen LogP) is 3.06. The molecule has 1 fully saturated rings. The van der Waals surface area contributed by atoms with Crippen molar-refractivity contribution >= 4 is 23.4 Å². The van der Waals surface area contributed by atoms with Gasteiger partial charge < -0.3 is 14.8 Å². The topological polar surface area (TPSA) is 67.2 Å². The highest BCUT2D eigenvalue weighted by Crippen LogP contribution is 2.45. The maximum Gasteiger partial charge on any atom is 0.253 e. The van der Waals surface area contributed by atoms with E-state index < -0.39 is 0 Å². The second kappa shape index (κ2) is 6.48. The number of carbonyl (C=O) groups excluding carboxylic acids is 2. The van der Waals surface area contributed by atoms with Crippen molar-refractivity contribution in [3.8, 4) is 0 Å². The Hall–Kier alpha value is -2.60. The van der Waals surface area contributed by atoms with E-state index in [9.17, 15) is 9.59 Å². The molecule has 7 heteroatoms. The van der Waals surface area contributed by atoms with Crippen LogP contribution >= 0.6 is 11.6 Å². The van der Waals surface area contributed by atoms with Crippen LogP contribution in [0.15, 0.2) is 48.3 Å². The summed E-state index contributed by atoms with van der Waals surface area (Å²) in [5, 5.41) is 3.51. The first-order valence-corrected chi connectivity index (χ1v) is 10.0. The van der Waals surface area contributed by atoms with Crippen molar-refractivity contribution in [2.45, 2.75) is 37.3 Å². The fourth-order valence-electron chi connectivity index (χ4n) is 4.70. The number of benzene rings is 1. The van der Waals surface area contributed by atoms with Crippen molar-refractivity contribution in [1.29, 1.82) is 0 Å². The van der Waals surface area contributed by atoms with Crippen LogP contribution in [-0.4, -0.2) is 39.4 Å². The first-order chi connectivity index (χ1) is 13.6. The molecule has 1 saturated heterocycles. The van der Waals surface area contributed by atoms with Crippen molar-refractivity contribution in [1.82, 2.24) is 19.8 Å². The summed E-state index contributed by atoms with van der Waals surface area (Å²) in [5.74, 6) is 0.798. The number of nitrogens with one attached hydrogen (secondary N) is 1. The molecule has 1 N–H and O–H groups in total. The Morgan fingerprint density at radius 3 is 2.82 bits per heavy atom. The number of allylic oxidation sites excluding steroid dienone is 1. The maximum atomic E-state index is 12.7. The van der Waals surface area contributed by atoms with Gasteiger partial charge in [0.05, 0.1) is 22.2 Å². The van der Waals surface area contributed by atoms with E-state index in [4.69, 9.17) is 11.6 Å². The van der Waals surface area contributed by atoms with Crippen LogP contribution in [0.3, 0.4) is 0 Å². The van der Waals surface area contributed by atoms with E-state index in [1.807, 2.05) is 11.1 Å². The first kappa shape index (κ1) is 17.5. The molecular weight excluding hydrogens is 376 g/mol. The van der Waals surface area contributed by atoms with Crippen LogP contribution < -0.4 is 5.32 Å². The van der Waals surface area contributed by atoms with Crippen molar-refractivity contribution < 1.29 is 9.59 Å². The van der Waals surface area contributed by atoms with Crippen LogP contribution in [0.2, 0.25) is 5.02 Å². The molecule has 2 amide bonds. The van der Waals surface area contributed by atoms with Gasteiger partial charge in [0.2, 0.25) is 5.91 Å². The number of hydrogen-bond acceptors (Lipinski definition) is 3. The minimum Gasteiger partial charge on any atom is -0.342 e. The van der Waals surface area contributed by atoms with Crippen molar-refractivity contribution in [2.75, 3.05) is 13.1 Å². The SMILES string of the molecule is O=C(NC1CC2(CN(C(=O)C3=CCCC3)C2)n2ccnc21)c1ccccc1Cl. The summed E-state index contributed by atoms with van der Waals surface area (Å²) in [7, 11) is 0. The molecule has 1 aliphatic carbocycles. The molecule has 1 unspecified atom stereocenters. The van der Waals surface area contributed by atoms with E-state index in [1.165, 1.54) is 0 Å². The number of amides is 2. The fourth-order valence-corrected chi connectivity index (χ4v) is 4.92. The zero-order chi connectivity index (χ0) is 19.3. The molecule has 1 spiro atoms. The smallest absolute Gasteiger partial charge is 0.253 e. The molecule has 1 aromatic carbocycles. The molecule has 5 rings (SSSR count). The van der Waals surface area contributed by atoms with Crippen molar-refractivity contribution in [3.63, 3.8) is 0 Å². The summed E-state index contributed by atoms with van der Waals surface area (Å²) >= 11 is 6.16. The van der Waals surface area contributed by atoms with Crippen LogP contribution in [0.25, 0.3) is 0 Å². The number of aromatic nitrogens is 2. The van der Waals surface area contributed by atoms with E-state index in [-0.39, 0.29) is 23.4 Å². The van der Waals surface area contributed by atoms with Gasteiger partial charge in [-0.25, -0.2) is 4.98 Å². The van der Waals surface area contributed by atoms with Gasteiger partial charge in [0.25, 0.3) is 5.91 Å². The van der Waals surface area contributed by atoms with Crippen LogP contribution in [0, 0.1) is 0 Å². The highest BCUT2D eigenvalue weighted by molar-refractivity contribution is 6.33. The highest BCUT2D eigenvalue weighted by Gasteiger charge is 2.54. The lowest BCUT2D eigenvalue weighted by atomic mass is 9.85. The molecule has 1 atom stereocenters. The standard InChI is InChI=1S/C21H21ClN4O2/c22-16-8-4-3-7-15(16)19(27)24-17-11-21(26-10-9-23-18(17)26)12-25(13-21)20(28)14-5-1-2-6-14/h3-5,7-10,17H,1-2,6,11-13H2,(H,24,27). The zero-order valence-electron chi connectivity index (χ0n) is 15.4. The lowest BCUT2D eigenvalue weighted by molar-refractivity contribution is -0.137. The fraction of sp³-hybridized carbons (Fsp3) is 0.381. The van der Waals surface area contributed by atoms with Crippen molar-refractivity contribution in [3.05, 3.63) is 64.7 Å². The molecule has 0 radical (unpaired) electrons. The van der Waals surface area contributed by atoms with Gasteiger partial charge in [-0.2, -0.15) is 0 Å². The van der Waals surface area contributed by atoms with E-state index in [1.54, 1.807) is 30.5 Å². The Kier molecular flexibility index (Phi) is 4.05. The third kappa shape index (κ3) is 2.66. The summed E-state index contributed by atoms with van der Waals surface area (Å²) in [6, 6.07) is 6.83. The number of halogens is 1. The number of fused-ring (bicyclic) bond motifs is 2. The third-order valence-electron chi connectivity index (χ3n) is 6.07. The van der Waals surface area contributed by atoms with E-state index in [0.717, 1.165) is 37.1 Å². The Balaban J connectivity index is 1.32. The summed E-state index contributed by atoms with van der Waals surface area (Å²) in [6.45, 7) is 1.32. The van der Waals surface area contributed by atoms with Gasteiger partial charge in [-0.1, -0.05) is 29.8 Å². The third-order valence-corrected chi connectivity index (χ3v) is 6.40. The van der Waals surface area contributed by atoms with Gasteiger partial charge >= 0.3 is 0 Å². The molecule has 144 valence electrons. The summed E-state index contributed by atoms with van der Waals surface area (Å²) in [5.41, 5.74) is 1.23. The van der Waals surface area contributed by atoms with Crippen LogP contribution in [0.5, 0.6) is 0 Å². The van der Waals surface area contributed by atoms with Gasteiger partial charge in [0, 0.05) is 37.5 Å². The minimum atomic E-state index is -0.203. The zero-order valence-corrected chi connectivity index (χ0v) is 16.2. The number of nitrogens with zero attached hydrogens (tertiary/aromatic N) is 3. The molecule has 3 heterocycles. The quantitative estimate of drug-likeness (QED) is 0.867. The van der Waals surface area contributed by atoms with Gasteiger partial charge in [-0.3, -0.25) is 9.59 Å². The molecule has 0 bridgehead atoms. The van der Waals surface area contributed by atoms with E-state index >= 15 is 0 Å². The summed E-state index contributed by atoms with van der Waals surface area (Å²) in [6.07, 6.45) is 9.47. The number of hydrogen-bond donors (Lipinski definition) is 1. The van der Waals surface area contributed by atoms with Crippen molar-refractivity contribution in [2.24, 2.45) is 0 Å². The number of rotatable bonds is 3. The van der Waals surface area contributed by atoms with Gasteiger partial charge in [0.1, 0.15) is 5.82 Å². The van der Waals surface area contributed by atoms with Gasteiger partial charge in [-0.05, 0) is 31.4 Å². The molecule has 1 aromatic heterocycles. The average molecular weight is 397 g/mol. The Bertz CT molecular complexity index is 990. The minimum absolute atomic E-state index is 0.161. The molecule has 2 aromatic rings. The molecule has 0 saturated carbocycles. The molecule has 3 aliphatic rings. The monoisotopic (exact) mass is 396 g/mol. The second-order valence-electron chi connectivity index (χ2n) is 7.87. The summed E-state index contributed by atoms with van der Waals surface area (Å²) in [4.78, 5) is 31.7. The normalized spacial score (nSPS) is 22.0. The van der Waals surface area contributed by atoms with E-state index in [2.05, 4.69) is 20.9 Å². The predicted molar refractivity (Wildman–Crippen MR) is 105 cm³/mol. The largest absolute Gasteiger partial charge is 0.342 e. The highest BCUT2D eigenvalue weighted by atomic mass is 35.5. The molecular formula is C21H21ClN4O2. The summed E-state index contributed by atoms with van der Waals surface area (Å²) < 4.78 is 2.14. The molecule has 6 nitrogen and oxygen atoms in total. The van der Waals surface area contributed by atoms with Crippen LogP contribution in [0.1, 0.15) is 47.9 Å². The lowest BCUT2D eigenvalue weighted by Gasteiger charge is -2.49. The average Bonchev–Trinajstić information content (AvgIpc) is 3.39. The second-order valence-corrected chi connectivity index (χ2v) is 8.28. The number of likely N-dealkylation sites (tertiary alicyclic amines) is 1.